The van der Waals surface area contributed by atoms with Gasteiger partial charge in [-0.2, -0.15) is 0 Å². The summed E-state index contributed by atoms with van der Waals surface area (Å²) >= 11 is 0. The molecule has 7 nitrogen and oxygen atoms in total. The van der Waals surface area contributed by atoms with Crippen molar-refractivity contribution in [3.8, 4) is 5.75 Å². The monoisotopic (exact) mass is 376 g/mol. The summed E-state index contributed by atoms with van der Waals surface area (Å²) in [7, 11) is -2.68. The van der Waals surface area contributed by atoms with Crippen LogP contribution in [0.15, 0.2) is 53.4 Å². The number of nitro benzene ring substituents is 1. The van der Waals surface area contributed by atoms with Crippen molar-refractivity contribution in [1.29, 1.82) is 0 Å². The Morgan fingerprint density at radius 1 is 1.08 bits per heavy atom. The van der Waals surface area contributed by atoms with Crippen LogP contribution in [0.5, 0.6) is 5.75 Å². The van der Waals surface area contributed by atoms with Gasteiger partial charge in [0.2, 0.25) is 0 Å². The Morgan fingerprint density at radius 3 is 2.31 bits per heavy atom. The summed E-state index contributed by atoms with van der Waals surface area (Å²) in [5.41, 5.74) is -0.0394. The van der Waals surface area contributed by atoms with E-state index in [4.69, 9.17) is 4.74 Å². The molecule has 1 fully saturated rings. The lowest BCUT2D eigenvalue weighted by Crippen LogP contribution is -2.27. The lowest BCUT2D eigenvalue weighted by Gasteiger charge is -2.20. The molecule has 0 aromatic heterocycles. The van der Waals surface area contributed by atoms with Crippen LogP contribution in [0.3, 0.4) is 0 Å². The van der Waals surface area contributed by atoms with E-state index in [0.717, 1.165) is 17.1 Å². The van der Waals surface area contributed by atoms with Crippen LogP contribution in [0, 0.1) is 10.1 Å². The molecule has 2 aromatic rings. The number of hydrogen-bond donors (Lipinski definition) is 0. The molecule has 8 heteroatoms. The molecule has 0 amide bonds. The van der Waals surface area contributed by atoms with E-state index in [1.54, 1.807) is 24.3 Å². The molecule has 26 heavy (non-hydrogen) atoms. The molecule has 0 aliphatic heterocycles. The van der Waals surface area contributed by atoms with E-state index in [1.807, 2.05) is 0 Å². The van der Waals surface area contributed by atoms with Crippen molar-refractivity contribution in [2.24, 2.45) is 0 Å². The van der Waals surface area contributed by atoms with E-state index >= 15 is 0 Å². The topological polar surface area (TPSA) is 89.8 Å². The minimum absolute atomic E-state index is 0.217. The lowest BCUT2D eigenvalue weighted by atomic mass is 10.3. The second-order valence-corrected chi connectivity index (χ2v) is 8.15. The molecule has 2 aromatic carbocycles. The molecule has 0 atom stereocenters. The third-order valence-corrected chi connectivity index (χ3v) is 6.34. The summed E-state index contributed by atoms with van der Waals surface area (Å²) in [5.74, 6) is 0.692. The summed E-state index contributed by atoms with van der Waals surface area (Å²) in [6.45, 7) is 0. The first-order valence-electron chi connectivity index (χ1n) is 8.38. The number of nitro groups is 1. The van der Waals surface area contributed by atoms with Gasteiger partial charge in [0, 0.05) is 13.1 Å². The Bertz CT molecular complexity index is 890. The maximum absolute atomic E-state index is 12.8. The zero-order chi connectivity index (χ0) is 18.7. The number of sulfonamides is 1. The van der Waals surface area contributed by atoms with Crippen LogP contribution in [0.2, 0.25) is 0 Å². The summed E-state index contributed by atoms with van der Waals surface area (Å²) in [6, 6.07) is 12.0. The van der Waals surface area contributed by atoms with Crippen LogP contribution in [-0.2, 0) is 10.0 Å². The van der Waals surface area contributed by atoms with E-state index in [9.17, 15) is 18.5 Å². The first-order valence-corrected chi connectivity index (χ1v) is 9.82. The molecule has 138 valence electrons. The fraction of sp³-hybridized carbons (Fsp3) is 0.333. The average molecular weight is 376 g/mol. The molecule has 0 N–H and O–H groups in total. The van der Waals surface area contributed by atoms with Gasteiger partial charge in [0.15, 0.2) is 4.90 Å². The summed E-state index contributed by atoms with van der Waals surface area (Å²) < 4.78 is 32.5. The third kappa shape index (κ3) is 3.65. The highest BCUT2D eigenvalue weighted by Crippen LogP contribution is 2.30. The summed E-state index contributed by atoms with van der Waals surface area (Å²) in [4.78, 5) is 10.1. The van der Waals surface area contributed by atoms with Gasteiger partial charge in [-0.1, -0.05) is 12.1 Å². The standard InChI is InChI=1S/C18H20N2O5S/c1-19(26(23,24)18-9-5-4-8-17(18)20(21)22)14-10-12-16(13-11-14)25-15-6-2-3-7-15/h4-5,8-13,15H,2-3,6-7H2,1H3. The van der Waals surface area contributed by atoms with Gasteiger partial charge >= 0.3 is 0 Å². The highest BCUT2D eigenvalue weighted by molar-refractivity contribution is 7.93. The van der Waals surface area contributed by atoms with Gasteiger partial charge in [0.05, 0.1) is 16.7 Å². The van der Waals surface area contributed by atoms with E-state index in [2.05, 4.69) is 0 Å². The van der Waals surface area contributed by atoms with E-state index in [1.165, 1.54) is 44.2 Å². The smallest absolute Gasteiger partial charge is 0.289 e. The van der Waals surface area contributed by atoms with E-state index in [-0.39, 0.29) is 11.0 Å². The Hall–Kier alpha value is -2.61. The fourth-order valence-electron chi connectivity index (χ4n) is 3.05. The van der Waals surface area contributed by atoms with Crippen LogP contribution in [0.25, 0.3) is 0 Å². The number of benzene rings is 2. The first kappa shape index (κ1) is 18.2. The third-order valence-electron chi connectivity index (χ3n) is 4.51. The molecule has 0 spiro atoms. The minimum atomic E-state index is -4.05. The molecule has 0 heterocycles. The molecular formula is C18H20N2O5S. The van der Waals surface area contributed by atoms with Gasteiger partial charge in [-0.15, -0.1) is 0 Å². The maximum Gasteiger partial charge on any atom is 0.289 e. The molecule has 0 radical (unpaired) electrons. The number of nitrogens with zero attached hydrogens (tertiary/aromatic N) is 2. The maximum atomic E-state index is 12.8. The molecule has 1 aliphatic rings. The van der Waals surface area contributed by atoms with E-state index in [0.29, 0.717) is 11.4 Å². The lowest BCUT2D eigenvalue weighted by molar-refractivity contribution is -0.387. The highest BCUT2D eigenvalue weighted by atomic mass is 32.2. The van der Waals surface area contributed by atoms with Crippen molar-refractivity contribution in [3.05, 3.63) is 58.6 Å². The number of anilines is 1. The highest BCUT2D eigenvalue weighted by Gasteiger charge is 2.29. The minimum Gasteiger partial charge on any atom is -0.490 e. The fourth-order valence-corrected chi connectivity index (χ4v) is 4.40. The van der Waals surface area contributed by atoms with Crippen LogP contribution in [-0.4, -0.2) is 26.5 Å². The number of rotatable bonds is 6. The quantitative estimate of drug-likeness (QED) is 0.566. The van der Waals surface area contributed by atoms with Crippen LogP contribution in [0.4, 0.5) is 11.4 Å². The first-order chi connectivity index (χ1) is 12.4. The molecule has 3 rings (SSSR count). The molecule has 0 bridgehead atoms. The zero-order valence-corrected chi connectivity index (χ0v) is 15.2. The van der Waals surface area contributed by atoms with Crippen molar-refractivity contribution in [1.82, 2.24) is 0 Å². The number of para-hydroxylation sites is 1. The van der Waals surface area contributed by atoms with Crippen molar-refractivity contribution in [3.63, 3.8) is 0 Å². The van der Waals surface area contributed by atoms with Crippen LogP contribution in [0.1, 0.15) is 25.7 Å². The Kier molecular flexibility index (Phi) is 5.13. The number of hydrogen-bond acceptors (Lipinski definition) is 5. The molecule has 1 saturated carbocycles. The van der Waals surface area contributed by atoms with Gasteiger partial charge in [0.1, 0.15) is 5.75 Å². The zero-order valence-electron chi connectivity index (χ0n) is 14.4. The Labute approximate surface area is 152 Å². The van der Waals surface area contributed by atoms with Crippen molar-refractivity contribution < 1.29 is 18.1 Å². The molecular weight excluding hydrogens is 356 g/mol. The van der Waals surface area contributed by atoms with Crippen molar-refractivity contribution in [2.75, 3.05) is 11.4 Å². The summed E-state index contributed by atoms with van der Waals surface area (Å²) in [6.07, 6.45) is 4.62. The molecule has 0 unspecified atom stereocenters. The van der Waals surface area contributed by atoms with Gasteiger partial charge in [-0.3, -0.25) is 14.4 Å². The van der Waals surface area contributed by atoms with Gasteiger partial charge in [-0.05, 0) is 56.0 Å². The predicted octanol–water partition coefficient (Wildman–Crippen LogP) is 3.74. The molecule has 0 saturated heterocycles. The second kappa shape index (κ2) is 7.33. The van der Waals surface area contributed by atoms with Gasteiger partial charge in [-0.25, -0.2) is 8.42 Å². The second-order valence-electron chi connectivity index (χ2n) is 6.22. The SMILES string of the molecule is CN(c1ccc(OC2CCCC2)cc1)S(=O)(=O)c1ccccc1[N+](=O)[O-]. The average Bonchev–Trinajstić information content (AvgIpc) is 3.14. The van der Waals surface area contributed by atoms with Gasteiger partial charge < -0.3 is 4.74 Å². The van der Waals surface area contributed by atoms with Crippen LogP contribution < -0.4 is 9.04 Å². The number of ether oxygens (including phenoxy) is 1. The van der Waals surface area contributed by atoms with Crippen LogP contribution >= 0.6 is 0 Å². The largest absolute Gasteiger partial charge is 0.490 e. The predicted molar refractivity (Wildman–Crippen MR) is 98.0 cm³/mol. The van der Waals surface area contributed by atoms with Gasteiger partial charge in [0.25, 0.3) is 15.7 Å². The Balaban J connectivity index is 1.84. The summed E-state index contributed by atoms with van der Waals surface area (Å²) in [5, 5.41) is 11.1. The van der Waals surface area contributed by atoms with E-state index < -0.39 is 20.6 Å². The van der Waals surface area contributed by atoms with Crippen molar-refractivity contribution >= 4 is 21.4 Å². The van der Waals surface area contributed by atoms with Crippen molar-refractivity contribution in [2.45, 2.75) is 36.7 Å². The Morgan fingerprint density at radius 2 is 1.69 bits per heavy atom. The normalized spacial score (nSPS) is 15.0. The molecule has 1 aliphatic carbocycles.